The lowest BCUT2D eigenvalue weighted by molar-refractivity contribution is 0.00951. The number of imidazole rings is 1. The van der Waals surface area contributed by atoms with Crippen LogP contribution in [0.1, 0.15) is 55.5 Å². The first-order valence-corrected chi connectivity index (χ1v) is 12.2. The summed E-state index contributed by atoms with van der Waals surface area (Å²) in [7, 11) is 0. The number of aliphatic hydroxyl groups excluding tert-OH is 1. The van der Waals surface area contributed by atoms with Gasteiger partial charge in [0, 0.05) is 43.1 Å². The van der Waals surface area contributed by atoms with E-state index in [1.54, 1.807) is 16.8 Å². The minimum absolute atomic E-state index is 0.181. The summed E-state index contributed by atoms with van der Waals surface area (Å²) in [4.78, 5) is 36.5. The molecule has 5 N–H and O–H groups in total. The zero-order valence-corrected chi connectivity index (χ0v) is 20.3. The molecule has 2 fully saturated rings. The standard InChI is InChI=1S/C26H29N7O3/c1-13-5-22(27)29-14(2)19(13)8-28-24(34)21-12-32-10-16-4-3-15(6-20(16)31-25(35)23(32)30-21)9-33-11-17-7-18(17)26(33)36/h3-6,12,17-18,26,36H,7-11H2,1-2H3,(H2,27,29)(H,28,34)(H,31,35). The molecule has 2 amide bonds. The van der Waals surface area contributed by atoms with E-state index in [2.05, 4.69) is 25.5 Å². The van der Waals surface area contributed by atoms with Crippen LogP contribution in [0.3, 0.4) is 0 Å². The van der Waals surface area contributed by atoms with E-state index in [0.29, 0.717) is 30.7 Å². The SMILES string of the molecule is Cc1cc(N)nc(C)c1CNC(=O)c1cn2c(n1)C(=O)Nc1cc(CN3CC4CC4C3O)ccc1C2. The highest BCUT2D eigenvalue weighted by molar-refractivity contribution is 6.04. The summed E-state index contributed by atoms with van der Waals surface area (Å²) in [6.07, 6.45) is 2.37. The Morgan fingerprint density at radius 1 is 1.28 bits per heavy atom. The number of nitrogens with two attached hydrogens (primary N) is 1. The van der Waals surface area contributed by atoms with Crippen molar-refractivity contribution in [3.8, 4) is 0 Å². The van der Waals surface area contributed by atoms with Gasteiger partial charge in [-0.05, 0) is 60.6 Å². The van der Waals surface area contributed by atoms with E-state index in [9.17, 15) is 14.7 Å². The molecular weight excluding hydrogens is 458 g/mol. The third kappa shape index (κ3) is 4.02. The van der Waals surface area contributed by atoms with E-state index in [-0.39, 0.29) is 36.1 Å². The topological polar surface area (TPSA) is 138 Å². The number of hydrogen-bond donors (Lipinski definition) is 4. The molecule has 1 aromatic carbocycles. The maximum atomic E-state index is 13.0. The van der Waals surface area contributed by atoms with E-state index in [1.807, 2.05) is 32.0 Å². The van der Waals surface area contributed by atoms with Crippen molar-refractivity contribution in [2.75, 3.05) is 17.6 Å². The molecule has 4 heterocycles. The first-order chi connectivity index (χ1) is 17.3. The highest BCUT2D eigenvalue weighted by Gasteiger charge is 2.51. The molecule has 3 aromatic rings. The third-order valence-corrected chi connectivity index (χ3v) is 7.56. The first-order valence-electron chi connectivity index (χ1n) is 12.2. The highest BCUT2D eigenvalue weighted by Crippen LogP contribution is 2.48. The fourth-order valence-corrected chi connectivity index (χ4v) is 5.50. The van der Waals surface area contributed by atoms with Crippen LogP contribution in [-0.4, -0.2) is 49.1 Å². The normalized spacial score (nSPS) is 22.3. The molecule has 2 aromatic heterocycles. The second-order valence-electron chi connectivity index (χ2n) is 10.1. The number of hydrogen-bond acceptors (Lipinski definition) is 7. The number of anilines is 2. The van der Waals surface area contributed by atoms with E-state index in [0.717, 1.165) is 46.6 Å². The summed E-state index contributed by atoms with van der Waals surface area (Å²) >= 11 is 0. The highest BCUT2D eigenvalue weighted by atomic mass is 16.3. The molecule has 10 nitrogen and oxygen atoms in total. The molecule has 2 aliphatic heterocycles. The Labute approximate surface area is 208 Å². The quantitative estimate of drug-likeness (QED) is 0.430. The molecule has 0 bridgehead atoms. The Morgan fingerprint density at radius 3 is 2.86 bits per heavy atom. The first kappa shape index (κ1) is 22.7. The fourth-order valence-electron chi connectivity index (χ4n) is 5.50. The molecule has 3 unspecified atom stereocenters. The van der Waals surface area contributed by atoms with Crippen LogP contribution in [0.25, 0.3) is 0 Å². The summed E-state index contributed by atoms with van der Waals surface area (Å²) in [5.41, 5.74) is 11.3. The van der Waals surface area contributed by atoms with Crippen molar-refractivity contribution in [2.24, 2.45) is 11.8 Å². The van der Waals surface area contributed by atoms with E-state index < -0.39 is 0 Å². The number of carbonyl (C=O) groups is 2. The van der Waals surface area contributed by atoms with Gasteiger partial charge in [-0.2, -0.15) is 0 Å². The van der Waals surface area contributed by atoms with Crippen LogP contribution in [0, 0.1) is 25.7 Å². The number of amides is 2. The Balaban J connectivity index is 1.16. The van der Waals surface area contributed by atoms with E-state index >= 15 is 0 Å². The lowest BCUT2D eigenvalue weighted by atomic mass is 10.1. The molecule has 10 heteroatoms. The average molecular weight is 488 g/mol. The van der Waals surface area contributed by atoms with Gasteiger partial charge in [-0.1, -0.05) is 12.1 Å². The Hall–Kier alpha value is -3.76. The summed E-state index contributed by atoms with van der Waals surface area (Å²) in [5.74, 6) is 0.958. The van der Waals surface area contributed by atoms with Crippen LogP contribution in [0.2, 0.25) is 0 Å². The monoisotopic (exact) mass is 487 g/mol. The average Bonchev–Trinajstić information content (AvgIpc) is 3.39. The number of nitrogen functional groups attached to an aromatic ring is 1. The van der Waals surface area contributed by atoms with Crippen LogP contribution < -0.4 is 16.4 Å². The molecule has 0 radical (unpaired) electrons. The van der Waals surface area contributed by atoms with Crippen molar-refractivity contribution in [2.45, 2.75) is 46.1 Å². The van der Waals surface area contributed by atoms with E-state index in [4.69, 9.17) is 5.73 Å². The Bertz CT molecular complexity index is 1380. The number of nitrogens with zero attached hydrogens (tertiary/aromatic N) is 4. The molecule has 1 saturated heterocycles. The van der Waals surface area contributed by atoms with Gasteiger partial charge in [0.25, 0.3) is 11.8 Å². The molecule has 36 heavy (non-hydrogen) atoms. The van der Waals surface area contributed by atoms with Gasteiger partial charge in [0.1, 0.15) is 17.7 Å². The Morgan fingerprint density at radius 2 is 2.11 bits per heavy atom. The molecule has 1 aliphatic carbocycles. The zero-order chi connectivity index (χ0) is 25.1. The maximum Gasteiger partial charge on any atom is 0.291 e. The number of rotatable bonds is 5. The van der Waals surface area contributed by atoms with Crippen LogP contribution in [0.4, 0.5) is 11.5 Å². The molecule has 6 rings (SSSR count). The number of aryl methyl sites for hydroxylation is 2. The van der Waals surface area contributed by atoms with Gasteiger partial charge < -0.3 is 26.0 Å². The zero-order valence-electron chi connectivity index (χ0n) is 20.3. The maximum absolute atomic E-state index is 13.0. The smallest absolute Gasteiger partial charge is 0.291 e. The lowest BCUT2D eigenvalue weighted by Gasteiger charge is -2.23. The van der Waals surface area contributed by atoms with Gasteiger partial charge >= 0.3 is 0 Å². The van der Waals surface area contributed by atoms with Crippen LogP contribution in [0.15, 0.2) is 30.5 Å². The number of piperidine rings is 1. The number of pyridine rings is 1. The predicted molar refractivity (Wildman–Crippen MR) is 133 cm³/mol. The van der Waals surface area contributed by atoms with Gasteiger partial charge in [0.2, 0.25) is 0 Å². The lowest BCUT2D eigenvalue weighted by Crippen LogP contribution is -2.32. The Kier molecular flexibility index (Phi) is 5.31. The number of aromatic nitrogens is 3. The van der Waals surface area contributed by atoms with Crippen molar-refractivity contribution >= 4 is 23.3 Å². The van der Waals surface area contributed by atoms with Crippen LogP contribution in [0.5, 0.6) is 0 Å². The molecule has 1 saturated carbocycles. The van der Waals surface area contributed by atoms with Gasteiger partial charge in [0.15, 0.2) is 5.82 Å². The van der Waals surface area contributed by atoms with Crippen molar-refractivity contribution in [3.05, 3.63) is 69.9 Å². The van der Waals surface area contributed by atoms with Crippen molar-refractivity contribution in [1.82, 2.24) is 24.8 Å². The van der Waals surface area contributed by atoms with Gasteiger partial charge in [-0.15, -0.1) is 0 Å². The molecule has 3 aliphatic rings. The fraction of sp³-hybridized carbons (Fsp3) is 0.385. The minimum Gasteiger partial charge on any atom is -0.384 e. The summed E-state index contributed by atoms with van der Waals surface area (Å²) in [6.45, 7) is 6.05. The van der Waals surface area contributed by atoms with Crippen molar-refractivity contribution in [3.63, 3.8) is 0 Å². The van der Waals surface area contributed by atoms with Crippen molar-refractivity contribution in [1.29, 1.82) is 0 Å². The van der Waals surface area contributed by atoms with E-state index in [1.165, 1.54) is 0 Å². The largest absolute Gasteiger partial charge is 0.384 e. The van der Waals surface area contributed by atoms with Gasteiger partial charge in [-0.3, -0.25) is 14.5 Å². The summed E-state index contributed by atoms with van der Waals surface area (Å²) < 4.78 is 1.70. The predicted octanol–water partition coefficient (Wildman–Crippen LogP) is 1.79. The number of fused-ring (bicyclic) bond motifs is 3. The third-order valence-electron chi connectivity index (χ3n) is 7.56. The number of nitrogens with one attached hydrogen (secondary N) is 2. The molecule has 0 spiro atoms. The van der Waals surface area contributed by atoms with Gasteiger partial charge in [-0.25, -0.2) is 9.97 Å². The summed E-state index contributed by atoms with van der Waals surface area (Å²) in [5, 5.41) is 16.2. The second-order valence-corrected chi connectivity index (χ2v) is 10.1. The van der Waals surface area contributed by atoms with Crippen molar-refractivity contribution < 1.29 is 14.7 Å². The second kappa shape index (κ2) is 8.42. The van der Waals surface area contributed by atoms with Crippen LogP contribution in [-0.2, 0) is 19.6 Å². The number of aliphatic hydroxyl groups is 1. The molecule has 186 valence electrons. The van der Waals surface area contributed by atoms with Gasteiger partial charge in [0.05, 0.1) is 6.54 Å². The molecule has 3 atom stereocenters. The summed E-state index contributed by atoms with van der Waals surface area (Å²) in [6, 6.07) is 7.76. The number of likely N-dealkylation sites (tertiary alicyclic amines) is 1. The minimum atomic E-state index is -0.373. The number of carbonyl (C=O) groups excluding carboxylic acids is 2. The number of benzene rings is 1. The van der Waals surface area contributed by atoms with Crippen LogP contribution >= 0.6 is 0 Å². The molecular formula is C26H29N7O3.